The van der Waals surface area contributed by atoms with Gasteiger partial charge in [0.25, 0.3) is 0 Å². The van der Waals surface area contributed by atoms with Crippen LogP contribution in [-0.4, -0.2) is 53.2 Å². The minimum absolute atomic E-state index is 0.0202. The second kappa shape index (κ2) is 7.82. The third-order valence-corrected chi connectivity index (χ3v) is 5.23. The monoisotopic (exact) mass is 370 g/mol. The maximum absolute atomic E-state index is 12.6. The summed E-state index contributed by atoms with van der Waals surface area (Å²) in [6, 6.07) is 7.43. The predicted octanol–water partition coefficient (Wildman–Crippen LogP) is 2.08. The maximum Gasteiger partial charge on any atom is 0.246 e. The summed E-state index contributed by atoms with van der Waals surface area (Å²) in [6.45, 7) is 7.60. The van der Waals surface area contributed by atoms with Gasteiger partial charge in [0.15, 0.2) is 0 Å². The number of carbonyl (C=O) groups is 2. The Labute approximate surface area is 159 Å². The van der Waals surface area contributed by atoms with Crippen molar-refractivity contribution < 1.29 is 14.3 Å². The van der Waals surface area contributed by atoms with Crippen molar-refractivity contribution in [3.63, 3.8) is 0 Å². The van der Waals surface area contributed by atoms with Crippen LogP contribution >= 0.6 is 0 Å². The van der Waals surface area contributed by atoms with Gasteiger partial charge in [-0.3, -0.25) is 14.3 Å². The number of benzene rings is 1. The molecule has 0 radical (unpaired) electrons. The largest absolute Gasteiger partial charge is 0.495 e. The summed E-state index contributed by atoms with van der Waals surface area (Å²) in [5.41, 5.74) is 3.97. The van der Waals surface area contributed by atoms with E-state index < -0.39 is 0 Å². The van der Waals surface area contributed by atoms with Crippen LogP contribution in [0.4, 0.5) is 5.69 Å². The van der Waals surface area contributed by atoms with Crippen LogP contribution in [0.1, 0.15) is 23.4 Å². The Balaban J connectivity index is 1.61. The summed E-state index contributed by atoms with van der Waals surface area (Å²) in [7, 11) is 1.59. The molecule has 1 aliphatic heterocycles. The summed E-state index contributed by atoms with van der Waals surface area (Å²) in [5.74, 6) is 0.541. The van der Waals surface area contributed by atoms with Gasteiger partial charge in [0.05, 0.1) is 18.5 Å². The van der Waals surface area contributed by atoms with Crippen molar-refractivity contribution in [1.82, 2.24) is 14.7 Å². The SMILES string of the molecule is COc1ccccc1N1CCN(C(=O)CCn2nc(C)c(C)c2C)CC1=O. The molecule has 7 heteroatoms. The Morgan fingerprint density at radius 2 is 1.93 bits per heavy atom. The number of para-hydroxylation sites is 2. The number of hydrogen-bond donors (Lipinski definition) is 0. The van der Waals surface area contributed by atoms with Crippen molar-refractivity contribution in [2.75, 3.05) is 31.6 Å². The number of anilines is 1. The Kier molecular flexibility index (Phi) is 5.48. The fourth-order valence-electron chi connectivity index (χ4n) is 3.36. The summed E-state index contributed by atoms with van der Waals surface area (Å²) in [6.07, 6.45) is 0.337. The number of methoxy groups -OCH3 is 1. The fourth-order valence-corrected chi connectivity index (χ4v) is 3.36. The number of amides is 2. The number of rotatable bonds is 5. The molecule has 27 heavy (non-hydrogen) atoms. The van der Waals surface area contributed by atoms with E-state index >= 15 is 0 Å². The van der Waals surface area contributed by atoms with E-state index in [1.807, 2.05) is 49.7 Å². The predicted molar refractivity (Wildman–Crippen MR) is 103 cm³/mol. The average molecular weight is 370 g/mol. The lowest BCUT2D eigenvalue weighted by Gasteiger charge is -2.35. The van der Waals surface area contributed by atoms with Gasteiger partial charge in [-0.2, -0.15) is 5.10 Å². The molecule has 0 atom stereocenters. The summed E-state index contributed by atoms with van der Waals surface area (Å²) < 4.78 is 7.22. The Morgan fingerprint density at radius 3 is 2.56 bits per heavy atom. The lowest BCUT2D eigenvalue weighted by atomic mass is 10.2. The fraction of sp³-hybridized carbons (Fsp3) is 0.450. The third-order valence-electron chi connectivity index (χ3n) is 5.23. The molecule has 0 bridgehead atoms. The zero-order valence-corrected chi connectivity index (χ0v) is 16.4. The Hall–Kier alpha value is -2.83. The molecule has 0 spiro atoms. The number of piperazine rings is 1. The first kappa shape index (κ1) is 18.9. The number of hydrogen-bond acceptors (Lipinski definition) is 4. The highest BCUT2D eigenvalue weighted by molar-refractivity contribution is 5.99. The van der Waals surface area contributed by atoms with Crippen molar-refractivity contribution in [2.45, 2.75) is 33.7 Å². The molecule has 0 unspecified atom stereocenters. The number of nitrogens with zero attached hydrogens (tertiary/aromatic N) is 4. The molecule has 3 rings (SSSR count). The normalized spacial score (nSPS) is 14.6. The van der Waals surface area contributed by atoms with Crippen molar-refractivity contribution >= 4 is 17.5 Å². The molecule has 1 aromatic heterocycles. The zero-order chi connectivity index (χ0) is 19.6. The van der Waals surface area contributed by atoms with Crippen molar-refractivity contribution in [3.8, 4) is 5.75 Å². The van der Waals surface area contributed by atoms with Gasteiger partial charge < -0.3 is 14.5 Å². The first-order chi connectivity index (χ1) is 12.9. The van der Waals surface area contributed by atoms with E-state index in [0.29, 0.717) is 31.8 Å². The molecular weight excluding hydrogens is 344 g/mol. The van der Waals surface area contributed by atoms with Crippen molar-refractivity contribution in [1.29, 1.82) is 0 Å². The molecule has 144 valence electrons. The third kappa shape index (κ3) is 3.82. The molecule has 2 heterocycles. The van der Waals surface area contributed by atoms with Crippen LogP contribution in [0.2, 0.25) is 0 Å². The second-order valence-electron chi connectivity index (χ2n) is 6.80. The number of carbonyl (C=O) groups excluding carboxylic acids is 2. The second-order valence-corrected chi connectivity index (χ2v) is 6.80. The zero-order valence-electron chi connectivity index (χ0n) is 16.4. The van der Waals surface area contributed by atoms with Gasteiger partial charge in [-0.05, 0) is 38.5 Å². The van der Waals surface area contributed by atoms with Gasteiger partial charge in [0, 0.05) is 31.7 Å². The summed E-state index contributed by atoms with van der Waals surface area (Å²) >= 11 is 0. The lowest BCUT2D eigenvalue weighted by molar-refractivity contribution is -0.137. The molecule has 2 aromatic rings. The standard InChI is InChI=1S/C20H26N4O3/c1-14-15(2)21-24(16(14)3)10-9-19(25)22-11-12-23(20(26)13-22)17-7-5-6-8-18(17)27-4/h5-8H,9-13H2,1-4H3. The Bertz CT molecular complexity index is 859. The molecule has 0 N–H and O–H groups in total. The average Bonchev–Trinajstić information content (AvgIpc) is 2.92. The molecule has 1 fully saturated rings. The minimum Gasteiger partial charge on any atom is -0.495 e. The van der Waals surface area contributed by atoms with E-state index in [9.17, 15) is 9.59 Å². The van der Waals surface area contributed by atoms with Gasteiger partial charge in [-0.25, -0.2) is 0 Å². The van der Waals surface area contributed by atoms with Crippen LogP contribution in [-0.2, 0) is 16.1 Å². The van der Waals surface area contributed by atoms with E-state index in [2.05, 4.69) is 5.10 Å². The number of aromatic nitrogens is 2. The van der Waals surface area contributed by atoms with Crippen LogP contribution in [0.25, 0.3) is 0 Å². The smallest absolute Gasteiger partial charge is 0.246 e. The highest BCUT2D eigenvalue weighted by Crippen LogP contribution is 2.28. The molecule has 1 aliphatic rings. The van der Waals surface area contributed by atoms with Gasteiger partial charge in [0.2, 0.25) is 11.8 Å². The van der Waals surface area contributed by atoms with Crippen molar-refractivity contribution in [2.24, 2.45) is 0 Å². The topological polar surface area (TPSA) is 67.7 Å². The first-order valence-electron chi connectivity index (χ1n) is 9.14. The van der Waals surface area contributed by atoms with Crippen LogP contribution < -0.4 is 9.64 Å². The van der Waals surface area contributed by atoms with Gasteiger partial charge in [0.1, 0.15) is 12.3 Å². The minimum atomic E-state index is -0.0962. The molecule has 0 saturated carbocycles. The van der Waals surface area contributed by atoms with Crippen LogP contribution in [0.15, 0.2) is 24.3 Å². The quantitative estimate of drug-likeness (QED) is 0.808. The highest BCUT2D eigenvalue weighted by atomic mass is 16.5. The van der Waals surface area contributed by atoms with E-state index in [0.717, 1.165) is 22.6 Å². The van der Waals surface area contributed by atoms with Gasteiger partial charge in [-0.15, -0.1) is 0 Å². The van der Waals surface area contributed by atoms with Crippen LogP contribution in [0.3, 0.4) is 0 Å². The van der Waals surface area contributed by atoms with Gasteiger partial charge in [-0.1, -0.05) is 12.1 Å². The lowest BCUT2D eigenvalue weighted by Crippen LogP contribution is -2.52. The molecule has 7 nitrogen and oxygen atoms in total. The van der Waals surface area contributed by atoms with Gasteiger partial charge >= 0.3 is 0 Å². The number of aryl methyl sites for hydroxylation is 2. The molecule has 1 saturated heterocycles. The highest BCUT2D eigenvalue weighted by Gasteiger charge is 2.29. The first-order valence-corrected chi connectivity index (χ1v) is 9.14. The van der Waals surface area contributed by atoms with E-state index in [4.69, 9.17) is 4.74 Å². The van der Waals surface area contributed by atoms with E-state index in [1.165, 1.54) is 0 Å². The van der Waals surface area contributed by atoms with Crippen LogP contribution in [0.5, 0.6) is 5.75 Å². The van der Waals surface area contributed by atoms with Crippen molar-refractivity contribution in [3.05, 3.63) is 41.2 Å². The van der Waals surface area contributed by atoms with E-state index in [-0.39, 0.29) is 18.4 Å². The molecule has 2 amide bonds. The van der Waals surface area contributed by atoms with E-state index in [1.54, 1.807) is 16.9 Å². The molecular formula is C20H26N4O3. The van der Waals surface area contributed by atoms with Crippen LogP contribution in [0, 0.1) is 20.8 Å². The maximum atomic E-state index is 12.6. The summed E-state index contributed by atoms with van der Waals surface area (Å²) in [5, 5.41) is 4.47. The molecule has 0 aliphatic carbocycles. The Morgan fingerprint density at radius 1 is 1.19 bits per heavy atom. The summed E-state index contributed by atoms with van der Waals surface area (Å²) in [4.78, 5) is 28.5. The number of ether oxygens (including phenoxy) is 1. The molecule has 1 aromatic carbocycles.